The van der Waals surface area contributed by atoms with Gasteiger partial charge in [-0.05, 0) is 33.5 Å². The summed E-state index contributed by atoms with van der Waals surface area (Å²) in [5.74, 6) is 0.243. The smallest absolute Gasteiger partial charge is 0.287 e. The molecule has 2 N–H and O–H groups in total. The molecule has 0 unspecified atom stereocenters. The number of carbonyl (C=O) groups is 1. The number of carbonyl (C=O) groups excluding carboxylic acids is 1. The number of H-pyrrole nitrogens is 1. The predicted octanol–water partition coefficient (Wildman–Crippen LogP) is 0.481. The Morgan fingerprint density at radius 2 is 2.33 bits per heavy atom. The van der Waals surface area contributed by atoms with Crippen molar-refractivity contribution in [3.8, 4) is 0 Å². The van der Waals surface area contributed by atoms with E-state index in [1.54, 1.807) is 12.4 Å². The molecule has 1 amide bonds. The van der Waals surface area contributed by atoms with Gasteiger partial charge in [0.1, 0.15) is 0 Å². The molecule has 1 heterocycles. The van der Waals surface area contributed by atoms with Crippen molar-refractivity contribution in [1.29, 1.82) is 0 Å². The van der Waals surface area contributed by atoms with Crippen LogP contribution in [0.1, 0.15) is 23.5 Å². The zero-order valence-electron chi connectivity index (χ0n) is 9.29. The van der Waals surface area contributed by atoms with Gasteiger partial charge in [0, 0.05) is 18.9 Å². The molecule has 0 bridgehead atoms. The van der Waals surface area contributed by atoms with E-state index in [9.17, 15) is 4.79 Å². The van der Waals surface area contributed by atoms with E-state index in [1.807, 2.05) is 14.1 Å². The number of aromatic nitrogens is 2. The van der Waals surface area contributed by atoms with Gasteiger partial charge in [-0.3, -0.25) is 4.79 Å². The summed E-state index contributed by atoms with van der Waals surface area (Å²) in [6, 6.07) is 0. The molecule has 0 aliphatic carbocycles. The van der Waals surface area contributed by atoms with E-state index in [-0.39, 0.29) is 5.91 Å². The van der Waals surface area contributed by atoms with E-state index >= 15 is 0 Å². The molecule has 0 atom stereocenters. The van der Waals surface area contributed by atoms with Gasteiger partial charge in [0.2, 0.25) is 0 Å². The molecule has 0 aromatic carbocycles. The van der Waals surface area contributed by atoms with Crippen LogP contribution < -0.4 is 5.32 Å². The Balaban J connectivity index is 2.08. The largest absolute Gasteiger partial charge is 0.349 e. The zero-order chi connectivity index (χ0) is 11.1. The number of nitrogens with one attached hydrogen (secondary N) is 2. The quantitative estimate of drug-likeness (QED) is 0.671. The molecule has 0 spiro atoms. The number of rotatable bonds is 6. The second-order valence-corrected chi connectivity index (χ2v) is 3.70. The summed E-state index contributed by atoms with van der Waals surface area (Å²) in [5.41, 5.74) is 0. The van der Waals surface area contributed by atoms with Gasteiger partial charge < -0.3 is 15.2 Å². The first-order valence-corrected chi connectivity index (χ1v) is 5.12. The molecule has 0 fully saturated rings. The zero-order valence-corrected chi connectivity index (χ0v) is 9.29. The average molecular weight is 210 g/mol. The van der Waals surface area contributed by atoms with Crippen LogP contribution in [0.25, 0.3) is 0 Å². The first-order chi connectivity index (χ1) is 7.20. The van der Waals surface area contributed by atoms with Crippen molar-refractivity contribution >= 4 is 5.91 Å². The van der Waals surface area contributed by atoms with Crippen molar-refractivity contribution in [2.24, 2.45) is 0 Å². The first kappa shape index (κ1) is 11.7. The highest BCUT2D eigenvalue weighted by atomic mass is 16.2. The van der Waals surface area contributed by atoms with Gasteiger partial charge >= 0.3 is 0 Å². The minimum absolute atomic E-state index is 0.134. The number of aromatic amines is 1. The molecule has 15 heavy (non-hydrogen) atoms. The van der Waals surface area contributed by atoms with Crippen molar-refractivity contribution in [2.45, 2.75) is 12.8 Å². The molecular formula is C10H18N4O. The van der Waals surface area contributed by atoms with Crippen LogP contribution in [0.5, 0.6) is 0 Å². The van der Waals surface area contributed by atoms with Gasteiger partial charge in [0.25, 0.3) is 5.91 Å². The maximum Gasteiger partial charge on any atom is 0.287 e. The fraction of sp³-hybridized carbons (Fsp3) is 0.600. The van der Waals surface area contributed by atoms with Crippen molar-refractivity contribution in [2.75, 3.05) is 27.2 Å². The molecule has 0 saturated heterocycles. The summed E-state index contributed by atoms with van der Waals surface area (Å²) in [6.07, 6.45) is 5.29. The second-order valence-electron chi connectivity index (χ2n) is 3.70. The monoisotopic (exact) mass is 210 g/mol. The third kappa shape index (κ3) is 4.60. The molecule has 1 aromatic rings. The van der Waals surface area contributed by atoms with Gasteiger partial charge in [0.15, 0.2) is 5.82 Å². The maximum atomic E-state index is 11.4. The standard InChI is InChI=1S/C10H18N4O/c1-14(2)8-4-3-5-13-10(15)9-11-6-7-12-9/h6-7H,3-5,8H2,1-2H3,(H,11,12)(H,13,15). The average Bonchev–Trinajstić information content (AvgIpc) is 2.69. The van der Waals surface area contributed by atoms with E-state index in [2.05, 4.69) is 20.2 Å². The van der Waals surface area contributed by atoms with E-state index in [0.29, 0.717) is 12.4 Å². The van der Waals surface area contributed by atoms with Gasteiger partial charge in [-0.1, -0.05) is 0 Å². The Kier molecular flexibility index (Phi) is 4.83. The lowest BCUT2D eigenvalue weighted by Crippen LogP contribution is -2.26. The second kappa shape index (κ2) is 6.19. The molecule has 0 saturated carbocycles. The number of hydrogen-bond acceptors (Lipinski definition) is 3. The Hall–Kier alpha value is -1.36. The lowest BCUT2D eigenvalue weighted by atomic mass is 10.3. The number of imidazole rings is 1. The van der Waals surface area contributed by atoms with Crippen LogP contribution >= 0.6 is 0 Å². The molecule has 84 valence electrons. The molecule has 0 aliphatic heterocycles. The SMILES string of the molecule is CN(C)CCCCNC(=O)c1ncc[nH]1. The number of hydrogen-bond donors (Lipinski definition) is 2. The summed E-state index contributed by atoms with van der Waals surface area (Å²) in [4.78, 5) is 20.2. The highest BCUT2D eigenvalue weighted by Crippen LogP contribution is 1.91. The highest BCUT2D eigenvalue weighted by Gasteiger charge is 2.05. The number of nitrogens with zero attached hydrogens (tertiary/aromatic N) is 2. The van der Waals surface area contributed by atoms with Gasteiger partial charge in [-0.25, -0.2) is 4.98 Å². The molecule has 0 aliphatic rings. The van der Waals surface area contributed by atoms with Gasteiger partial charge in [0.05, 0.1) is 0 Å². The lowest BCUT2D eigenvalue weighted by molar-refractivity contribution is 0.0943. The minimum Gasteiger partial charge on any atom is -0.349 e. The maximum absolute atomic E-state index is 11.4. The van der Waals surface area contributed by atoms with Crippen LogP contribution in [0.4, 0.5) is 0 Å². The Morgan fingerprint density at radius 3 is 2.93 bits per heavy atom. The first-order valence-electron chi connectivity index (χ1n) is 5.12. The molecule has 5 nitrogen and oxygen atoms in total. The third-order valence-corrected chi connectivity index (χ3v) is 2.03. The normalized spacial score (nSPS) is 10.6. The van der Waals surface area contributed by atoms with Crippen molar-refractivity contribution in [3.05, 3.63) is 18.2 Å². The minimum atomic E-state index is -0.134. The third-order valence-electron chi connectivity index (χ3n) is 2.03. The fourth-order valence-electron chi connectivity index (χ4n) is 1.23. The molecule has 5 heteroatoms. The highest BCUT2D eigenvalue weighted by molar-refractivity contribution is 5.90. The lowest BCUT2D eigenvalue weighted by Gasteiger charge is -2.08. The molecular weight excluding hydrogens is 192 g/mol. The van der Waals surface area contributed by atoms with Crippen molar-refractivity contribution in [1.82, 2.24) is 20.2 Å². The van der Waals surface area contributed by atoms with Crippen LogP contribution in [0.15, 0.2) is 12.4 Å². The Labute approximate surface area is 89.9 Å². The molecule has 1 aromatic heterocycles. The summed E-state index contributed by atoms with van der Waals surface area (Å²) >= 11 is 0. The van der Waals surface area contributed by atoms with E-state index in [1.165, 1.54) is 0 Å². The van der Waals surface area contributed by atoms with E-state index in [4.69, 9.17) is 0 Å². The summed E-state index contributed by atoms with van der Waals surface area (Å²) in [6.45, 7) is 1.75. The van der Waals surface area contributed by atoms with Gasteiger partial charge in [-0.2, -0.15) is 0 Å². The Morgan fingerprint density at radius 1 is 1.53 bits per heavy atom. The fourth-order valence-corrected chi connectivity index (χ4v) is 1.23. The van der Waals surface area contributed by atoms with E-state index < -0.39 is 0 Å². The van der Waals surface area contributed by atoms with Crippen LogP contribution in [0.2, 0.25) is 0 Å². The molecule has 0 radical (unpaired) electrons. The topological polar surface area (TPSA) is 61.0 Å². The number of unbranched alkanes of at least 4 members (excludes halogenated alkanes) is 1. The van der Waals surface area contributed by atoms with Crippen LogP contribution in [0.3, 0.4) is 0 Å². The predicted molar refractivity (Wildman–Crippen MR) is 58.7 cm³/mol. The molecule has 1 rings (SSSR count). The van der Waals surface area contributed by atoms with Crippen LogP contribution in [-0.2, 0) is 0 Å². The summed E-state index contributed by atoms with van der Waals surface area (Å²) < 4.78 is 0. The number of amides is 1. The summed E-state index contributed by atoms with van der Waals surface area (Å²) in [5, 5.41) is 2.81. The Bertz CT molecular complexity index is 282. The van der Waals surface area contributed by atoms with Crippen molar-refractivity contribution < 1.29 is 4.79 Å². The van der Waals surface area contributed by atoms with E-state index in [0.717, 1.165) is 19.4 Å². The summed E-state index contributed by atoms with van der Waals surface area (Å²) in [7, 11) is 4.09. The van der Waals surface area contributed by atoms with Gasteiger partial charge in [-0.15, -0.1) is 0 Å². The van der Waals surface area contributed by atoms with Crippen molar-refractivity contribution in [3.63, 3.8) is 0 Å². The van der Waals surface area contributed by atoms with Crippen LogP contribution in [-0.4, -0.2) is 48.0 Å². The van der Waals surface area contributed by atoms with Crippen LogP contribution in [0, 0.1) is 0 Å².